The van der Waals surface area contributed by atoms with Crippen molar-refractivity contribution >= 4 is 11.6 Å². The van der Waals surface area contributed by atoms with E-state index in [1.807, 2.05) is 12.1 Å². The molecule has 23 heavy (non-hydrogen) atoms. The van der Waals surface area contributed by atoms with E-state index in [9.17, 15) is 0 Å². The summed E-state index contributed by atoms with van der Waals surface area (Å²) >= 11 is 7.37. The largest absolute Gasteiger partial charge is 0.120 e. The normalized spacial score (nSPS) is 11.4. The Morgan fingerprint density at radius 1 is 0.739 bits per heavy atom. The Morgan fingerprint density at radius 3 is 1.74 bits per heavy atom. The van der Waals surface area contributed by atoms with Crippen LogP contribution >= 0.6 is 11.6 Å². The molecule has 0 saturated carbocycles. The summed E-state index contributed by atoms with van der Waals surface area (Å²) in [6.45, 7) is 4.36. The quantitative estimate of drug-likeness (QED) is 0.403. The Bertz CT molecular complexity index is 736. The number of hydrogen-bond acceptors (Lipinski definition) is 0. The third-order valence-corrected chi connectivity index (χ3v) is 5.12. The third-order valence-electron chi connectivity index (χ3n) is 4.48. The van der Waals surface area contributed by atoms with Crippen molar-refractivity contribution in [2.45, 2.75) is 25.1 Å². The van der Waals surface area contributed by atoms with Crippen LogP contribution in [-0.2, 0) is 11.3 Å². The average molecular weight is 321 g/mol. The molecule has 3 aromatic carbocycles. The van der Waals surface area contributed by atoms with Crippen molar-refractivity contribution in [1.82, 2.24) is 0 Å². The topological polar surface area (TPSA) is 0 Å². The molecule has 0 radical (unpaired) electrons. The lowest BCUT2D eigenvalue weighted by Gasteiger charge is -2.31. The van der Waals surface area contributed by atoms with Crippen molar-refractivity contribution in [3.8, 4) is 0 Å². The maximum absolute atomic E-state index is 7.37. The minimum atomic E-state index is -0.667. The van der Waals surface area contributed by atoms with Gasteiger partial charge in [0.05, 0.1) is 0 Å². The summed E-state index contributed by atoms with van der Waals surface area (Å²) in [5.74, 6) is 0. The van der Waals surface area contributed by atoms with Crippen LogP contribution in [0.5, 0.6) is 0 Å². The van der Waals surface area contributed by atoms with Crippen LogP contribution in [0.4, 0.5) is 0 Å². The van der Waals surface area contributed by atoms with Gasteiger partial charge in [0, 0.05) is 0 Å². The minimum absolute atomic E-state index is 0.667. The predicted molar refractivity (Wildman–Crippen MR) is 99.2 cm³/mol. The second-order valence-corrected chi connectivity index (χ2v) is 6.41. The molecule has 0 fully saturated rings. The summed E-state index contributed by atoms with van der Waals surface area (Å²) in [6.07, 6.45) is 0.968. The fraction of sp³-hybridized carbons (Fsp3) is 0.182. The number of aryl methyl sites for hydroxylation is 1. The van der Waals surface area contributed by atoms with Crippen LogP contribution in [0.3, 0.4) is 0 Å². The third kappa shape index (κ3) is 2.80. The molecule has 1 heteroatoms. The first-order valence-electron chi connectivity index (χ1n) is 8.07. The molecule has 3 rings (SSSR count). The number of rotatable bonds is 4. The van der Waals surface area contributed by atoms with E-state index in [-0.39, 0.29) is 0 Å². The van der Waals surface area contributed by atoms with E-state index in [4.69, 9.17) is 11.6 Å². The molecule has 0 N–H and O–H groups in total. The predicted octanol–water partition coefficient (Wildman–Crippen LogP) is 6.09. The monoisotopic (exact) mass is 320 g/mol. The lowest BCUT2D eigenvalue weighted by Crippen LogP contribution is -2.24. The zero-order valence-electron chi connectivity index (χ0n) is 13.6. The smallest absolute Gasteiger partial charge is 0.104 e. The first-order valence-corrected chi connectivity index (χ1v) is 8.44. The minimum Gasteiger partial charge on any atom is -0.104 e. The van der Waals surface area contributed by atoms with Gasteiger partial charge in [0.1, 0.15) is 4.87 Å². The first kappa shape index (κ1) is 15.8. The van der Waals surface area contributed by atoms with Crippen molar-refractivity contribution in [3.63, 3.8) is 0 Å². The molecule has 0 atom stereocenters. The molecular weight excluding hydrogens is 300 g/mol. The van der Waals surface area contributed by atoms with Crippen LogP contribution in [0, 0.1) is 6.92 Å². The molecule has 3 aromatic rings. The van der Waals surface area contributed by atoms with E-state index in [1.54, 1.807) is 0 Å². The highest BCUT2D eigenvalue weighted by Crippen LogP contribution is 2.44. The summed E-state index contributed by atoms with van der Waals surface area (Å²) in [7, 11) is 0. The lowest BCUT2D eigenvalue weighted by atomic mass is 9.80. The Balaban J connectivity index is 2.32. The second kappa shape index (κ2) is 6.60. The van der Waals surface area contributed by atoms with Gasteiger partial charge in [-0.2, -0.15) is 0 Å². The Hall–Kier alpha value is -2.05. The van der Waals surface area contributed by atoms with Crippen LogP contribution in [0.1, 0.15) is 34.7 Å². The van der Waals surface area contributed by atoms with Crippen molar-refractivity contribution < 1.29 is 0 Å². The fourth-order valence-electron chi connectivity index (χ4n) is 3.31. The Morgan fingerprint density at radius 2 is 1.26 bits per heavy atom. The van der Waals surface area contributed by atoms with Gasteiger partial charge in [-0.05, 0) is 41.2 Å². The number of halogens is 1. The van der Waals surface area contributed by atoms with Crippen molar-refractivity contribution in [2.24, 2.45) is 0 Å². The van der Waals surface area contributed by atoms with E-state index in [0.717, 1.165) is 17.5 Å². The highest BCUT2D eigenvalue weighted by molar-refractivity contribution is 6.28. The van der Waals surface area contributed by atoms with Gasteiger partial charge in [0.15, 0.2) is 0 Å². The molecule has 116 valence electrons. The van der Waals surface area contributed by atoms with E-state index < -0.39 is 4.87 Å². The summed E-state index contributed by atoms with van der Waals surface area (Å²) in [6, 6.07) is 27.2. The standard InChI is InChI=1S/C22H21Cl/c1-3-20-17(2)11-10-16-21(20)22(23,18-12-6-4-7-13-18)19-14-8-5-9-15-19/h4-16H,3H2,1-2H3. The van der Waals surface area contributed by atoms with Crippen LogP contribution in [0.25, 0.3) is 0 Å². The molecular formula is C22H21Cl. The first-order chi connectivity index (χ1) is 11.2. The molecule has 0 aliphatic rings. The zero-order valence-corrected chi connectivity index (χ0v) is 14.3. The molecule has 0 saturated heterocycles. The molecule has 0 heterocycles. The van der Waals surface area contributed by atoms with E-state index in [2.05, 4.69) is 80.6 Å². The molecule has 0 bridgehead atoms. The van der Waals surface area contributed by atoms with Gasteiger partial charge in [-0.3, -0.25) is 0 Å². The molecule has 0 nitrogen and oxygen atoms in total. The maximum Gasteiger partial charge on any atom is 0.120 e. The lowest BCUT2D eigenvalue weighted by molar-refractivity contribution is 0.851. The molecule has 0 aromatic heterocycles. The van der Waals surface area contributed by atoms with Gasteiger partial charge in [0.25, 0.3) is 0 Å². The zero-order chi connectivity index (χ0) is 16.3. The summed E-state index contributed by atoms with van der Waals surface area (Å²) in [4.78, 5) is -0.667. The van der Waals surface area contributed by atoms with Crippen LogP contribution < -0.4 is 0 Å². The van der Waals surface area contributed by atoms with Crippen LogP contribution in [0.15, 0.2) is 78.9 Å². The van der Waals surface area contributed by atoms with Gasteiger partial charge in [-0.15, -0.1) is 11.6 Å². The van der Waals surface area contributed by atoms with Gasteiger partial charge in [-0.1, -0.05) is 85.8 Å². The highest BCUT2D eigenvalue weighted by Gasteiger charge is 2.35. The van der Waals surface area contributed by atoms with Crippen LogP contribution in [-0.4, -0.2) is 0 Å². The van der Waals surface area contributed by atoms with Crippen molar-refractivity contribution in [2.75, 3.05) is 0 Å². The fourth-order valence-corrected chi connectivity index (χ4v) is 3.74. The SMILES string of the molecule is CCc1c(C)cccc1C(Cl)(c1ccccc1)c1ccccc1. The van der Waals surface area contributed by atoms with Crippen LogP contribution in [0.2, 0.25) is 0 Å². The van der Waals surface area contributed by atoms with Gasteiger partial charge < -0.3 is 0 Å². The number of benzene rings is 3. The second-order valence-electron chi connectivity index (χ2n) is 5.85. The van der Waals surface area contributed by atoms with Gasteiger partial charge in [-0.25, -0.2) is 0 Å². The molecule has 0 aliphatic carbocycles. The van der Waals surface area contributed by atoms with Crippen molar-refractivity contribution in [1.29, 1.82) is 0 Å². The summed E-state index contributed by atoms with van der Waals surface area (Å²) in [5, 5.41) is 0. The summed E-state index contributed by atoms with van der Waals surface area (Å²) in [5.41, 5.74) is 6.01. The van der Waals surface area contributed by atoms with Crippen molar-refractivity contribution in [3.05, 3.63) is 107 Å². The van der Waals surface area contributed by atoms with Gasteiger partial charge in [0.2, 0.25) is 0 Å². The highest BCUT2D eigenvalue weighted by atomic mass is 35.5. The molecule has 0 unspecified atom stereocenters. The number of hydrogen-bond donors (Lipinski definition) is 0. The maximum atomic E-state index is 7.37. The summed E-state index contributed by atoms with van der Waals surface area (Å²) < 4.78 is 0. The Labute approximate surface area is 143 Å². The molecule has 0 amide bonds. The van der Waals surface area contributed by atoms with E-state index in [0.29, 0.717) is 0 Å². The van der Waals surface area contributed by atoms with E-state index >= 15 is 0 Å². The molecule has 0 aliphatic heterocycles. The molecule has 0 spiro atoms. The van der Waals surface area contributed by atoms with E-state index in [1.165, 1.54) is 16.7 Å². The van der Waals surface area contributed by atoms with Gasteiger partial charge >= 0.3 is 0 Å². The number of alkyl halides is 1. The average Bonchev–Trinajstić information content (AvgIpc) is 2.62. The Kier molecular flexibility index (Phi) is 4.54.